The highest BCUT2D eigenvalue weighted by Crippen LogP contribution is 2.19. The molecule has 1 atom stereocenters. The fourth-order valence-corrected chi connectivity index (χ4v) is 4.09. The number of rotatable bonds is 5. The van der Waals surface area contributed by atoms with Gasteiger partial charge in [-0.1, -0.05) is 0 Å². The van der Waals surface area contributed by atoms with Crippen molar-refractivity contribution in [1.82, 2.24) is 10.0 Å². The van der Waals surface area contributed by atoms with Crippen molar-refractivity contribution < 1.29 is 13.2 Å². The summed E-state index contributed by atoms with van der Waals surface area (Å²) in [5.74, 6) is -0.620. The number of primary amides is 1. The fourth-order valence-electron chi connectivity index (χ4n) is 1.80. The lowest BCUT2D eigenvalue weighted by atomic mass is 10.2. The monoisotopic (exact) mass is 325 g/mol. The number of nitrogens with two attached hydrogens (primary N) is 1. The van der Waals surface area contributed by atoms with Crippen molar-refractivity contribution in [2.45, 2.75) is 23.1 Å². The minimum Gasteiger partial charge on any atom is -0.366 e. The van der Waals surface area contributed by atoms with E-state index in [0.29, 0.717) is 6.54 Å². The fraction of sp³-hybridized carbons (Fsp3) is 0.500. The van der Waals surface area contributed by atoms with Crippen LogP contribution in [-0.2, 0) is 10.0 Å². The van der Waals surface area contributed by atoms with Crippen molar-refractivity contribution in [3.05, 3.63) is 17.0 Å². The molecular formula is C10H16ClN3O3S2. The molecule has 2 rings (SSSR count). The van der Waals surface area contributed by atoms with Crippen molar-refractivity contribution in [3.63, 3.8) is 0 Å². The molecule has 1 aromatic heterocycles. The molecule has 1 fully saturated rings. The number of hydrogen-bond donors (Lipinski definition) is 3. The van der Waals surface area contributed by atoms with Gasteiger partial charge in [0.1, 0.15) is 4.21 Å². The maximum atomic E-state index is 11.9. The molecule has 6 nitrogen and oxygen atoms in total. The molecule has 0 saturated carbocycles. The molecule has 0 unspecified atom stereocenters. The molecule has 1 aliphatic rings. The van der Waals surface area contributed by atoms with Crippen LogP contribution in [0.4, 0.5) is 0 Å². The van der Waals surface area contributed by atoms with Crippen molar-refractivity contribution in [3.8, 4) is 0 Å². The Bertz CT molecular complexity index is 538. The Hall–Kier alpha value is -0.670. The first kappa shape index (κ1) is 16.4. The highest BCUT2D eigenvalue weighted by molar-refractivity contribution is 7.91. The third-order valence-electron chi connectivity index (χ3n) is 2.81. The van der Waals surface area contributed by atoms with Gasteiger partial charge in [0.25, 0.3) is 0 Å². The van der Waals surface area contributed by atoms with Gasteiger partial charge in [-0.2, -0.15) is 0 Å². The summed E-state index contributed by atoms with van der Waals surface area (Å²) in [6.45, 7) is 1.29. The van der Waals surface area contributed by atoms with Crippen LogP contribution in [-0.4, -0.2) is 33.5 Å². The standard InChI is InChI=1S/C10H15N3O3S2.ClH/c11-10(14)7-4-9(17-6-7)18(15,16)13-5-8-2-1-3-12-8;/h4,6,8,12-13H,1-3,5H2,(H2,11,14);1H/t8-;/m1./s1. The number of carbonyl (C=O) groups is 1. The van der Waals surface area contributed by atoms with Crippen LogP contribution >= 0.6 is 23.7 Å². The molecule has 0 aliphatic carbocycles. The first-order chi connectivity index (χ1) is 8.49. The van der Waals surface area contributed by atoms with Crippen LogP contribution in [0, 0.1) is 0 Å². The van der Waals surface area contributed by atoms with Crippen LogP contribution in [0.25, 0.3) is 0 Å². The number of thiophene rings is 1. The summed E-state index contributed by atoms with van der Waals surface area (Å²) < 4.78 is 26.5. The van der Waals surface area contributed by atoms with Gasteiger partial charge in [-0.25, -0.2) is 13.1 Å². The number of amides is 1. The van der Waals surface area contributed by atoms with E-state index in [0.717, 1.165) is 30.7 Å². The van der Waals surface area contributed by atoms with E-state index in [9.17, 15) is 13.2 Å². The number of carbonyl (C=O) groups excluding carboxylic acids is 1. The third kappa shape index (κ3) is 4.15. The molecule has 0 bridgehead atoms. The number of halogens is 1. The van der Waals surface area contributed by atoms with E-state index in [1.807, 2.05) is 0 Å². The zero-order chi connectivity index (χ0) is 13.2. The maximum Gasteiger partial charge on any atom is 0.250 e. The predicted molar refractivity (Wildman–Crippen MR) is 76.3 cm³/mol. The second-order valence-corrected chi connectivity index (χ2v) is 7.07. The van der Waals surface area contributed by atoms with Crippen LogP contribution < -0.4 is 15.8 Å². The lowest BCUT2D eigenvalue weighted by molar-refractivity contribution is 0.100. The molecular weight excluding hydrogens is 310 g/mol. The van der Waals surface area contributed by atoms with Crippen LogP contribution in [0.1, 0.15) is 23.2 Å². The van der Waals surface area contributed by atoms with Crippen molar-refractivity contribution in [2.75, 3.05) is 13.1 Å². The van der Waals surface area contributed by atoms with Gasteiger partial charge in [-0.3, -0.25) is 4.79 Å². The molecule has 1 amide bonds. The van der Waals surface area contributed by atoms with Gasteiger partial charge < -0.3 is 11.1 Å². The van der Waals surface area contributed by atoms with Crippen LogP contribution in [0.3, 0.4) is 0 Å². The smallest absolute Gasteiger partial charge is 0.250 e. The van der Waals surface area contributed by atoms with Crippen molar-refractivity contribution in [2.24, 2.45) is 5.73 Å². The minimum absolute atomic E-state index is 0. The van der Waals surface area contributed by atoms with E-state index in [2.05, 4.69) is 10.0 Å². The van der Waals surface area contributed by atoms with Gasteiger partial charge in [0, 0.05) is 18.0 Å². The van der Waals surface area contributed by atoms with Gasteiger partial charge in [-0.15, -0.1) is 23.7 Å². The van der Waals surface area contributed by atoms with Crippen LogP contribution in [0.15, 0.2) is 15.7 Å². The number of hydrogen-bond acceptors (Lipinski definition) is 5. The van der Waals surface area contributed by atoms with E-state index in [1.165, 1.54) is 11.4 Å². The summed E-state index contributed by atoms with van der Waals surface area (Å²) in [7, 11) is -3.54. The first-order valence-corrected chi connectivity index (χ1v) is 7.97. The summed E-state index contributed by atoms with van der Waals surface area (Å²) in [6, 6.07) is 1.49. The Morgan fingerprint density at radius 3 is 2.84 bits per heavy atom. The summed E-state index contributed by atoms with van der Waals surface area (Å²) in [6.07, 6.45) is 2.04. The molecule has 9 heteroatoms. The summed E-state index contributed by atoms with van der Waals surface area (Å²) in [5.41, 5.74) is 5.31. The molecule has 2 heterocycles. The van der Waals surface area contributed by atoms with E-state index in [4.69, 9.17) is 5.73 Å². The summed E-state index contributed by atoms with van der Waals surface area (Å²) >= 11 is 0.996. The largest absolute Gasteiger partial charge is 0.366 e. The molecule has 1 aliphatic heterocycles. The van der Waals surface area contributed by atoms with E-state index < -0.39 is 15.9 Å². The molecule has 0 aromatic carbocycles. The summed E-state index contributed by atoms with van der Waals surface area (Å²) in [4.78, 5) is 10.9. The lowest BCUT2D eigenvalue weighted by Crippen LogP contribution is -2.36. The number of sulfonamides is 1. The predicted octanol–water partition coefficient (Wildman–Crippen LogP) is 0.299. The van der Waals surface area contributed by atoms with Gasteiger partial charge in [-0.05, 0) is 25.5 Å². The Kier molecular flexibility index (Phi) is 5.75. The average molecular weight is 326 g/mol. The van der Waals surface area contributed by atoms with Crippen LogP contribution in [0.5, 0.6) is 0 Å². The molecule has 0 spiro atoms. The van der Waals surface area contributed by atoms with Crippen molar-refractivity contribution in [1.29, 1.82) is 0 Å². The van der Waals surface area contributed by atoms with Gasteiger partial charge in [0.2, 0.25) is 15.9 Å². The topological polar surface area (TPSA) is 101 Å². The molecule has 108 valence electrons. The highest BCUT2D eigenvalue weighted by atomic mass is 35.5. The molecule has 0 radical (unpaired) electrons. The van der Waals surface area contributed by atoms with E-state index >= 15 is 0 Å². The average Bonchev–Trinajstić information content (AvgIpc) is 2.98. The van der Waals surface area contributed by atoms with E-state index in [-0.39, 0.29) is 28.2 Å². The normalized spacial score (nSPS) is 19.1. The zero-order valence-electron chi connectivity index (χ0n) is 10.1. The molecule has 19 heavy (non-hydrogen) atoms. The Balaban J connectivity index is 0.00000180. The Morgan fingerprint density at radius 2 is 2.32 bits per heavy atom. The molecule has 1 aromatic rings. The molecule has 1 saturated heterocycles. The van der Waals surface area contributed by atoms with Gasteiger partial charge in [0.05, 0.1) is 5.56 Å². The Morgan fingerprint density at radius 1 is 1.58 bits per heavy atom. The quantitative estimate of drug-likeness (QED) is 0.724. The maximum absolute atomic E-state index is 11.9. The minimum atomic E-state index is -3.54. The van der Waals surface area contributed by atoms with E-state index in [1.54, 1.807) is 0 Å². The molecule has 4 N–H and O–H groups in total. The van der Waals surface area contributed by atoms with Crippen molar-refractivity contribution >= 4 is 39.7 Å². The van der Waals surface area contributed by atoms with Gasteiger partial charge in [0.15, 0.2) is 0 Å². The van der Waals surface area contributed by atoms with Gasteiger partial charge >= 0.3 is 0 Å². The second-order valence-electron chi connectivity index (χ2n) is 4.16. The lowest BCUT2D eigenvalue weighted by Gasteiger charge is -2.10. The zero-order valence-corrected chi connectivity index (χ0v) is 12.5. The van der Waals surface area contributed by atoms with Crippen LogP contribution in [0.2, 0.25) is 0 Å². The number of nitrogens with one attached hydrogen (secondary N) is 2. The first-order valence-electron chi connectivity index (χ1n) is 5.60. The Labute approximate surface area is 122 Å². The summed E-state index contributed by atoms with van der Waals surface area (Å²) in [5, 5.41) is 4.66. The highest BCUT2D eigenvalue weighted by Gasteiger charge is 2.21. The second kappa shape index (κ2) is 6.67. The SMILES string of the molecule is Cl.NC(=O)c1csc(S(=O)(=O)NC[C@H]2CCCN2)c1. The third-order valence-corrected chi connectivity index (χ3v) is 5.67.